The molecular weight excluding hydrogens is 643 g/mol. The Hall–Kier alpha value is -3.54. The van der Waals surface area contributed by atoms with Crippen molar-refractivity contribution in [2.75, 3.05) is 32.7 Å². The van der Waals surface area contributed by atoms with Gasteiger partial charge in [-0.05, 0) is 50.4 Å². The molecule has 0 radical (unpaired) electrons. The topological polar surface area (TPSA) is 136 Å². The molecule has 2 aliphatic heterocycles. The van der Waals surface area contributed by atoms with E-state index in [9.17, 15) is 29.9 Å². The number of nitrogens with one attached hydrogen (secondary N) is 1. The van der Waals surface area contributed by atoms with Crippen LogP contribution in [-0.2, 0) is 9.59 Å². The zero-order chi connectivity index (χ0) is 32.4. The summed E-state index contributed by atoms with van der Waals surface area (Å²) in [6.07, 6.45) is 0.181. The first-order valence-corrected chi connectivity index (χ1v) is 15.5. The Bertz CT molecular complexity index is 1490. The van der Waals surface area contributed by atoms with E-state index in [0.29, 0.717) is 12.1 Å². The van der Waals surface area contributed by atoms with Crippen molar-refractivity contribution in [1.29, 1.82) is 0 Å². The summed E-state index contributed by atoms with van der Waals surface area (Å²) < 4.78 is 0. The molecule has 5 rings (SSSR count). The summed E-state index contributed by atoms with van der Waals surface area (Å²) in [6.45, 7) is 8.55. The molecule has 254 valence electrons. The fraction of sp³-hybridized carbons (Fsp3) is 0.429. The maximum Gasteiger partial charge on any atom is 0.311 e. The van der Waals surface area contributed by atoms with Crippen molar-refractivity contribution in [2.24, 2.45) is 10.8 Å². The lowest BCUT2D eigenvalue weighted by Crippen LogP contribution is -2.69. The molecule has 2 aliphatic rings. The van der Waals surface area contributed by atoms with Crippen LogP contribution in [0.2, 0.25) is 0 Å². The Morgan fingerprint density at radius 3 is 1.91 bits per heavy atom. The largest absolute Gasteiger partial charge is 0.481 e. The van der Waals surface area contributed by atoms with Gasteiger partial charge in [0.2, 0.25) is 0 Å². The van der Waals surface area contributed by atoms with Crippen LogP contribution < -0.4 is 5.32 Å². The van der Waals surface area contributed by atoms with E-state index in [0.717, 1.165) is 26.2 Å². The van der Waals surface area contributed by atoms with Crippen molar-refractivity contribution in [2.45, 2.75) is 51.2 Å². The summed E-state index contributed by atoms with van der Waals surface area (Å²) in [4.78, 5) is 42.3. The SMILES string of the molecule is CC1NC(C)C(CCN2CCN(C(c3ccccc3)c3ccccc3)CC2)(C(=O)O)C(c2cccc([N+](=O)[O-])c2)C1(C)C(=O)O.Cl.Cl. The maximum atomic E-state index is 13.4. The highest BCUT2D eigenvalue weighted by atomic mass is 35.5. The highest BCUT2D eigenvalue weighted by Crippen LogP contribution is 2.57. The zero-order valence-electron chi connectivity index (χ0n) is 26.8. The smallest absolute Gasteiger partial charge is 0.311 e. The van der Waals surface area contributed by atoms with Gasteiger partial charge in [-0.25, -0.2) is 0 Å². The maximum absolute atomic E-state index is 13.4. The van der Waals surface area contributed by atoms with E-state index in [1.807, 2.05) is 12.1 Å². The molecule has 0 amide bonds. The quantitative estimate of drug-likeness (QED) is 0.177. The molecule has 0 bridgehead atoms. The first-order chi connectivity index (χ1) is 21.5. The number of aliphatic carboxylic acids is 2. The fourth-order valence-electron chi connectivity index (χ4n) is 7.75. The average molecular weight is 688 g/mol. The second-order valence-corrected chi connectivity index (χ2v) is 12.7. The third-order valence-corrected chi connectivity index (χ3v) is 10.4. The standard InChI is InChI=1S/C35H42N4O6.2ClH/c1-24-34(3,32(40)41)31(28-15-10-16-29(23-28)39(44)45)35(33(42)43,25(2)36-24)17-18-37-19-21-38(22-20-37)30(26-11-6-4-7-12-26)27-13-8-5-9-14-27;;/h4-16,23-25,30-31,36H,17-22H2,1-3H3,(H,40,41)(H,42,43);2*1H. The Morgan fingerprint density at radius 2 is 1.43 bits per heavy atom. The molecular formula is C35H44Cl2N4O6. The summed E-state index contributed by atoms with van der Waals surface area (Å²) >= 11 is 0. The number of non-ortho nitro benzene ring substituents is 1. The minimum Gasteiger partial charge on any atom is -0.481 e. The van der Waals surface area contributed by atoms with Gasteiger partial charge in [-0.15, -0.1) is 24.8 Å². The molecule has 0 aromatic heterocycles. The number of rotatable bonds is 10. The predicted molar refractivity (Wildman–Crippen MR) is 186 cm³/mol. The lowest BCUT2D eigenvalue weighted by atomic mass is 9.51. The Kier molecular flexibility index (Phi) is 12.6. The minimum absolute atomic E-state index is 0. The lowest BCUT2D eigenvalue weighted by molar-refractivity contribution is -0.385. The number of carboxylic acid groups (broad SMARTS) is 2. The Balaban J connectivity index is 0.00000300. The number of nitro groups is 1. The molecule has 12 heteroatoms. The predicted octanol–water partition coefficient (Wildman–Crippen LogP) is 5.86. The van der Waals surface area contributed by atoms with Gasteiger partial charge in [0.25, 0.3) is 5.69 Å². The fourth-order valence-corrected chi connectivity index (χ4v) is 7.75. The van der Waals surface area contributed by atoms with Crippen LogP contribution >= 0.6 is 24.8 Å². The molecule has 3 aromatic rings. The van der Waals surface area contributed by atoms with E-state index in [1.165, 1.54) is 29.3 Å². The van der Waals surface area contributed by atoms with Gasteiger partial charge >= 0.3 is 11.9 Å². The second kappa shape index (κ2) is 15.6. The molecule has 5 atom stereocenters. The summed E-state index contributed by atoms with van der Waals surface area (Å²) in [7, 11) is 0. The first kappa shape index (κ1) is 37.9. The third kappa shape index (κ3) is 7.17. The molecule has 5 unspecified atom stereocenters. The summed E-state index contributed by atoms with van der Waals surface area (Å²) in [5.74, 6) is -3.27. The van der Waals surface area contributed by atoms with Crippen LogP contribution in [0.25, 0.3) is 0 Å². The average Bonchev–Trinajstić information content (AvgIpc) is 3.03. The van der Waals surface area contributed by atoms with Crippen LogP contribution in [-0.4, -0.2) is 81.7 Å². The summed E-state index contributed by atoms with van der Waals surface area (Å²) in [6, 6.07) is 25.6. The van der Waals surface area contributed by atoms with Gasteiger partial charge < -0.3 is 20.4 Å². The van der Waals surface area contributed by atoms with E-state index in [-0.39, 0.29) is 43.0 Å². The molecule has 3 N–H and O–H groups in total. The number of carboxylic acids is 2. The van der Waals surface area contributed by atoms with Gasteiger partial charge in [-0.1, -0.05) is 72.8 Å². The van der Waals surface area contributed by atoms with E-state index < -0.39 is 45.7 Å². The van der Waals surface area contributed by atoms with Crippen molar-refractivity contribution < 1.29 is 24.7 Å². The van der Waals surface area contributed by atoms with Gasteiger partial charge in [-0.2, -0.15) is 0 Å². The molecule has 0 aliphatic carbocycles. The highest BCUT2D eigenvalue weighted by Gasteiger charge is 2.65. The van der Waals surface area contributed by atoms with Crippen molar-refractivity contribution in [3.8, 4) is 0 Å². The van der Waals surface area contributed by atoms with Gasteiger partial charge in [0.05, 0.1) is 21.8 Å². The molecule has 47 heavy (non-hydrogen) atoms. The van der Waals surface area contributed by atoms with Gasteiger partial charge in [0.15, 0.2) is 0 Å². The van der Waals surface area contributed by atoms with E-state index in [1.54, 1.807) is 26.8 Å². The third-order valence-electron chi connectivity index (χ3n) is 10.4. The molecule has 2 saturated heterocycles. The van der Waals surface area contributed by atoms with Gasteiger partial charge in [-0.3, -0.25) is 24.6 Å². The van der Waals surface area contributed by atoms with Gasteiger partial charge in [0.1, 0.15) is 0 Å². The number of piperidine rings is 1. The van der Waals surface area contributed by atoms with Crippen LogP contribution in [0.15, 0.2) is 84.9 Å². The number of carbonyl (C=O) groups is 2. The number of nitrogens with zero attached hydrogens (tertiary/aromatic N) is 3. The van der Waals surface area contributed by atoms with Crippen LogP contribution in [0, 0.1) is 20.9 Å². The number of benzene rings is 3. The number of hydrogen-bond donors (Lipinski definition) is 3. The van der Waals surface area contributed by atoms with E-state index >= 15 is 0 Å². The van der Waals surface area contributed by atoms with Crippen LogP contribution in [0.4, 0.5) is 5.69 Å². The van der Waals surface area contributed by atoms with Crippen molar-refractivity contribution >= 4 is 42.4 Å². The number of piperazine rings is 1. The molecule has 0 spiro atoms. The van der Waals surface area contributed by atoms with E-state index in [2.05, 4.69) is 63.6 Å². The molecule has 10 nitrogen and oxygen atoms in total. The first-order valence-electron chi connectivity index (χ1n) is 15.5. The second-order valence-electron chi connectivity index (χ2n) is 12.7. The molecule has 3 aromatic carbocycles. The number of nitro benzene ring substituents is 1. The van der Waals surface area contributed by atoms with Crippen LogP contribution in [0.3, 0.4) is 0 Å². The summed E-state index contributed by atoms with van der Waals surface area (Å²) in [5.41, 5.74) is -0.493. The molecule has 2 heterocycles. The molecule has 2 fully saturated rings. The number of halogens is 2. The van der Waals surface area contributed by atoms with Crippen LogP contribution in [0.5, 0.6) is 0 Å². The normalized spacial score (nSPS) is 26.5. The highest BCUT2D eigenvalue weighted by molar-refractivity contribution is 5.86. The van der Waals surface area contributed by atoms with Crippen molar-refractivity contribution in [3.63, 3.8) is 0 Å². The minimum atomic E-state index is -1.54. The van der Waals surface area contributed by atoms with E-state index in [4.69, 9.17) is 0 Å². The molecule has 0 saturated carbocycles. The van der Waals surface area contributed by atoms with Crippen molar-refractivity contribution in [3.05, 3.63) is 112 Å². The Morgan fingerprint density at radius 1 is 0.872 bits per heavy atom. The van der Waals surface area contributed by atoms with Gasteiger partial charge in [0, 0.05) is 56.3 Å². The zero-order valence-corrected chi connectivity index (χ0v) is 28.5. The lowest BCUT2D eigenvalue weighted by Gasteiger charge is -2.56. The summed E-state index contributed by atoms with van der Waals surface area (Å²) in [5, 5.41) is 36.5. The monoisotopic (exact) mass is 686 g/mol. The Labute approximate surface area is 288 Å². The van der Waals surface area contributed by atoms with Crippen LogP contribution in [0.1, 0.15) is 55.8 Å². The number of hydrogen-bond acceptors (Lipinski definition) is 7. The van der Waals surface area contributed by atoms with Crippen molar-refractivity contribution in [1.82, 2.24) is 15.1 Å².